The number of carboxylic acids is 1. The van der Waals surface area contributed by atoms with Crippen LogP contribution in [0.5, 0.6) is 0 Å². The maximum absolute atomic E-state index is 10.6. The predicted molar refractivity (Wildman–Crippen MR) is 55.2 cm³/mol. The highest BCUT2D eigenvalue weighted by Crippen LogP contribution is 2.04. The largest absolute Gasteiger partial charge is 0.479 e. The van der Waals surface area contributed by atoms with Crippen molar-refractivity contribution in [3.8, 4) is 0 Å². The Bertz CT molecular complexity index is 180. The van der Waals surface area contributed by atoms with E-state index in [0.29, 0.717) is 0 Å². The average molecular weight is 203 g/mol. The number of unbranched alkanes of at least 4 members (excludes halogenated alkanes) is 1. The highest BCUT2D eigenvalue weighted by Gasteiger charge is 2.29. The van der Waals surface area contributed by atoms with Crippen molar-refractivity contribution in [3.63, 3.8) is 0 Å². The fraction of sp³-hybridized carbons (Fsp3) is 0.900. The summed E-state index contributed by atoms with van der Waals surface area (Å²) in [6.45, 7) is 5.50. The second-order valence-electron chi connectivity index (χ2n) is 4.00. The van der Waals surface area contributed by atoms with E-state index in [-0.39, 0.29) is 12.6 Å². The minimum Gasteiger partial charge on any atom is -0.479 e. The first-order valence-corrected chi connectivity index (χ1v) is 5.09. The molecule has 0 saturated heterocycles. The van der Waals surface area contributed by atoms with Crippen LogP contribution < -0.4 is 5.32 Å². The molecule has 84 valence electrons. The van der Waals surface area contributed by atoms with Gasteiger partial charge in [0.25, 0.3) is 0 Å². The molecule has 0 spiro atoms. The van der Waals surface area contributed by atoms with Crippen molar-refractivity contribution in [2.75, 3.05) is 6.54 Å². The molecule has 0 aliphatic carbocycles. The van der Waals surface area contributed by atoms with Gasteiger partial charge in [0, 0.05) is 12.6 Å². The Balaban J connectivity index is 3.75. The summed E-state index contributed by atoms with van der Waals surface area (Å²) in [4.78, 5) is 10.6. The molecule has 0 aromatic heterocycles. The van der Waals surface area contributed by atoms with Gasteiger partial charge in [0.2, 0.25) is 0 Å². The zero-order valence-corrected chi connectivity index (χ0v) is 9.21. The van der Waals surface area contributed by atoms with Crippen molar-refractivity contribution >= 4 is 5.97 Å². The third kappa shape index (κ3) is 5.19. The van der Waals surface area contributed by atoms with Crippen molar-refractivity contribution in [1.82, 2.24) is 5.32 Å². The van der Waals surface area contributed by atoms with Crippen LogP contribution in [0.4, 0.5) is 0 Å². The summed E-state index contributed by atoms with van der Waals surface area (Å²) in [5, 5.41) is 21.1. The Labute approximate surface area is 85.3 Å². The molecule has 0 bridgehead atoms. The molecule has 0 fully saturated rings. The van der Waals surface area contributed by atoms with Crippen molar-refractivity contribution in [2.24, 2.45) is 0 Å². The number of hydrogen-bond donors (Lipinski definition) is 3. The van der Waals surface area contributed by atoms with E-state index in [2.05, 4.69) is 12.2 Å². The Morgan fingerprint density at radius 1 is 1.57 bits per heavy atom. The second-order valence-corrected chi connectivity index (χ2v) is 4.00. The standard InChI is InChI=1S/C10H21NO3/c1-4-5-6-8(2)11-7-10(3,14)9(12)13/h8,11,14H,4-7H2,1-3H3,(H,12,13). The molecule has 0 radical (unpaired) electrons. The van der Waals surface area contributed by atoms with Crippen LogP contribution in [0, 0.1) is 0 Å². The smallest absolute Gasteiger partial charge is 0.336 e. The maximum atomic E-state index is 10.6. The summed E-state index contributed by atoms with van der Waals surface area (Å²) < 4.78 is 0. The summed E-state index contributed by atoms with van der Waals surface area (Å²) >= 11 is 0. The molecule has 0 aromatic carbocycles. The molecule has 3 N–H and O–H groups in total. The third-order valence-corrected chi connectivity index (χ3v) is 2.25. The lowest BCUT2D eigenvalue weighted by Gasteiger charge is -2.21. The Hall–Kier alpha value is -0.610. The van der Waals surface area contributed by atoms with Crippen molar-refractivity contribution in [2.45, 2.75) is 51.7 Å². The van der Waals surface area contributed by atoms with Crippen LogP contribution in [0.1, 0.15) is 40.0 Å². The normalized spacial score (nSPS) is 17.4. The molecule has 4 heteroatoms. The van der Waals surface area contributed by atoms with Gasteiger partial charge in [0.05, 0.1) is 0 Å². The molecule has 0 amide bonds. The van der Waals surface area contributed by atoms with Gasteiger partial charge in [-0.15, -0.1) is 0 Å². The van der Waals surface area contributed by atoms with Crippen molar-refractivity contribution in [3.05, 3.63) is 0 Å². The number of rotatable bonds is 7. The average Bonchev–Trinajstić information content (AvgIpc) is 2.11. The lowest BCUT2D eigenvalue weighted by Crippen LogP contribution is -2.47. The monoisotopic (exact) mass is 203 g/mol. The summed E-state index contributed by atoms with van der Waals surface area (Å²) in [6, 6.07) is 0.251. The van der Waals surface area contributed by atoms with Gasteiger partial charge in [-0.25, -0.2) is 4.79 Å². The molecule has 0 saturated carbocycles. The third-order valence-electron chi connectivity index (χ3n) is 2.25. The Morgan fingerprint density at radius 3 is 2.57 bits per heavy atom. The molecular formula is C10H21NO3. The molecule has 0 rings (SSSR count). The topological polar surface area (TPSA) is 69.6 Å². The highest BCUT2D eigenvalue weighted by atomic mass is 16.4. The van der Waals surface area contributed by atoms with Gasteiger partial charge in [-0.05, 0) is 20.3 Å². The molecule has 0 aliphatic rings. The highest BCUT2D eigenvalue weighted by molar-refractivity contribution is 5.76. The number of aliphatic carboxylic acids is 1. The number of carbonyl (C=O) groups is 1. The lowest BCUT2D eigenvalue weighted by atomic mass is 10.1. The number of nitrogens with one attached hydrogen (secondary N) is 1. The van der Waals surface area contributed by atoms with E-state index in [4.69, 9.17) is 5.11 Å². The lowest BCUT2D eigenvalue weighted by molar-refractivity contribution is -0.156. The summed E-state index contributed by atoms with van der Waals surface area (Å²) in [7, 11) is 0. The quantitative estimate of drug-likeness (QED) is 0.577. The summed E-state index contributed by atoms with van der Waals surface area (Å²) in [5.74, 6) is -1.19. The van der Waals surface area contributed by atoms with Crippen LogP contribution in [0.2, 0.25) is 0 Å². The van der Waals surface area contributed by atoms with E-state index >= 15 is 0 Å². The van der Waals surface area contributed by atoms with Gasteiger partial charge in [0.15, 0.2) is 5.60 Å². The second kappa shape index (κ2) is 5.98. The minimum atomic E-state index is -1.67. The Kier molecular flexibility index (Phi) is 5.72. The zero-order valence-electron chi connectivity index (χ0n) is 9.21. The van der Waals surface area contributed by atoms with Crippen LogP contribution in [0.15, 0.2) is 0 Å². The van der Waals surface area contributed by atoms with Gasteiger partial charge in [0.1, 0.15) is 0 Å². The van der Waals surface area contributed by atoms with Gasteiger partial charge in [-0.1, -0.05) is 19.8 Å². The fourth-order valence-electron chi connectivity index (χ4n) is 1.06. The van der Waals surface area contributed by atoms with Crippen LogP contribution in [-0.2, 0) is 4.79 Å². The van der Waals surface area contributed by atoms with Crippen molar-refractivity contribution in [1.29, 1.82) is 0 Å². The van der Waals surface area contributed by atoms with Crippen LogP contribution >= 0.6 is 0 Å². The van der Waals surface area contributed by atoms with Gasteiger partial charge in [-0.2, -0.15) is 0 Å². The summed E-state index contributed by atoms with van der Waals surface area (Å²) in [5.41, 5.74) is -1.67. The first kappa shape index (κ1) is 13.4. The number of aliphatic hydroxyl groups is 1. The minimum absolute atomic E-state index is 0.0905. The van der Waals surface area contributed by atoms with E-state index < -0.39 is 11.6 Å². The van der Waals surface area contributed by atoms with Crippen LogP contribution in [-0.4, -0.2) is 34.4 Å². The Morgan fingerprint density at radius 2 is 2.14 bits per heavy atom. The van der Waals surface area contributed by atoms with E-state index in [9.17, 15) is 9.90 Å². The van der Waals surface area contributed by atoms with Crippen molar-refractivity contribution < 1.29 is 15.0 Å². The number of hydrogen-bond acceptors (Lipinski definition) is 3. The van der Waals surface area contributed by atoms with E-state index in [0.717, 1.165) is 19.3 Å². The van der Waals surface area contributed by atoms with Crippen LogP contribution in [0.25, 0.3) is 0 Å². The van der Waals surface area contributed by atoms with Gasteiger partial charge >= 0.3 is 5.97 Å². The van der Waals surface area contributed by atoms with E-state index in [1.807, 2.05) is 6.92 Å². The number of carboxylic acid groups (broad SMARTS) is 1. The first-order valence-electron chi connectivity index (χ1n) is 5.09. The van der Waals surface area contributed by atoms with Gasteiger partial charge in [-0.3, -0.25) is 0 Å². The zero-order chi connectivity index (χ0) is 11.2. The molecular weight excluding hydrogens is 182 g/mol. The molecule has 0 aromatic rings. The SMILES string of the molecule is CCCCC(C)NCC(C)(O)C(=O)O. The molecule has 0 heterocycles. The summed E-state index contributed by atoms with van der Waals surface area (Å²) in [6.07, 6.45) is 3.25. The maximum Gasteiger partial charge on any atom is 0.336 e. The predicted octanol–water partition coefficient (Wildman–Crippen LogP) is 0.990. The van der Waals surface area contributed by atoms with E-state index in [1.54, 1.807) is 0 Å². The molecule has 2 unspecified atom stereocenters. The molecule has 0 aliphatic heterocycles. The molecule has 2 atom stereocenters. The van der Waals surface area contributed by atoms with Crippen LogP contribution in [0.3, 0.4) is 0 Å². The van der Waals surface area contributed by atoms with Gasteiger partial charge < -0.3 is 15.5 Å². The molecule has 4 nitrogen and oxygen atoms in total. The van der Waals surface area contributed by atoms with E-state index in [1.165, 1.54) is 6.92 Å². The fourth-order valence-corrected chi connectivity index (χ4v) is 1.06. The first-order chi connectivity index (χ1) is 6.40. The molecule has 14 heavy (non-hydrogen) atoms.